The number of thiophene rings is 1. The maximum atomic E-state index is 13.2. The van der Waals surface area contributed by atoms with E-state index in [0.29, 0.717) is 38.3 Å². The number of hydrogen-bond donors (Lipinski definition) is 1. The molecule has 1 fully saturated rings. The molecule has 0 saturated carbocycles. The van der Waals surface area contributed by atoms with Crippen molar-refractivity contribution in [2.75, 3.05) is 26.2 Å². The Morgan fingerprint density at radius 2 is 2.07 bits per heavy atom. The molecule has 1 saturated heterocycles. The predicted molar refractivity (Wildman–Crippen MR) is 118 cm³/mol. The molecule has 0 aliphatic carbocycles. The largest absolute Gasteiger partial charge is 0.337 e. The minimum Gasteiger partial charge on any atom is -0.337 e. The summed E-state index contributed by atoms with van der Waals surface area (Å²) in [5.74, 6) is -0.358. The first-order chi connectivity index (χ1) is 14.7. The highest BCUT2D eigenvalue weighted by Crippen LogP contribution is 2.26. The molecule has 1 aromatic carbocycles. The van der Waals surface area contributed by atoms with Gasteiger partial charge in [0.1, 0.15) is 5.69 Å². The van der Waals surface area contributed by atoms with Crippen molar-refractivity contribution in [1.82, 2.24) is 20.0 Å². The number of amides is 2. The summed E-state index contributed by atoms with van der Waals surface area (Å²) in [6.07, 6.45) is 3.88. The van der Waals surface area contributed by atoms with Crippen molar-refractivity contribution in [3.8, 4) is 10.4 Å². The number of H-pyrrole nitrogens is 1. The van der Waals surface area contributed by atoms with E-state index in [1.54, 1.807) is 39.5 Å². The number of carbonyl (C=O) groups excluding carboxylic acids is 2. The summed E-state index contributed by atoms with van der Waals surface area (Å²) in [5.41, 5.74) is 2.70. The van der Waals surface area contributed by atoms with Crippen molar-refractivity contribution < 1.29 is 9.59 Å². The van der Waals surface area contributed by atoms with Crippen LogP contribution < -0.4 is 0 Å². The molecule has 4 rings (SSSR count). The van der Waals surface area contributed by atoms with Crippen LogP contribution >= 0.6 is 11.3 Å². The summed E-state index contributed by atoms with van der Waals surface area (Å²) in [6, 6.07) is 14.1. The number of carbonyl (C=O) groups is 2. The standard InChI is InChI=1S/C23H24N4O2S/c1-2-11-26-12-13-27(23(29)20-9-10-24-25-20)16-19(22(26)28)15-17-5-7-18(8-6-17)21-4-3-14-30-21/h2-10,14,19H,1,11-13,15-16H2,(H,24,25). The van der Waals surface area contributed by atoms with Gasteiger partial charge in [-0.2, -0.15) is 5.10 Å². The summed E-state index contributed by atoms with van der Waals surface area (Å²) in [7, 11) is 0. The summed E-state index contributed by atoms with van der Waals surface area (Å²) < 4.78 is 0. The predicted octanol–water partition coefficient (Wildman–Crippen LogP) is 3.47. The van der Waals surface area contributed by atoms with E-state index in [4.69, 9.17) is 0 Å². The number of aromatic nitrogens is 2. The van der Waals surface area contributed by atoms with Crippen LogP contribution in [0, 0.1) is 5.92 Å². The van der Waals surface area contributed by atoms with Crippen molar-refractivity contribution in [2.45, 2.75) is 6.42 Å². The topological polar surface area (TPSA) is 69.3 Å². The smallest absolute Gasteiger partial charge is 0.271 e. The minimum atomic E-state index is -0.299. The van der Waals surface area contributed by atoms with Gasteiger partial charge in [-0.3, -0.25) is 14.7 Å². The second-order valence-electron chi connectivity index (χ2n) is 7.37. The fraction of sp³-hybridized carbons (Fsp3) is 0.261. The van der Waals surface area contributed by atoms with Crippen LogP contribution in [-0.4, -0.2) is 58.0 Å². The van der Waals surface area contributed by atoms with E-state index < -0.39 is 0 Å². The van der Waals surface area contributed by atoms with Crippen molar-refractivity contribution in [3.05, 3.63) is 78.0 Å². The van der Waals surface area contributed by atoms with Crippen molar-refractivity contribution in [2.24, 2.45) is 5.92 Å². The second-order valence-corrected chi connectivity index (χ2v) is 8.32. The average Bonchev–Trinajstić information content (AvgIpc) is 3.46. The van der Waals surface area contributed by atoms with Crippen molar-refractivity contribution in [1.29, 1.82) is 0 Å². The van der Waals surface area contributed by atoms with E-state index in [0.717, 1.165) is 5.56 Å². The lowest BCUT2D eigenvalue weighted by molar-refractivity contribution is -0.134. The summed E-state index contributed by atoms with van der Waals surface area (Å²) in [6.45, 7) is 5.63. The highest BCUT2D eigenvalue weighted by Gasteiger charge is 2.32. The van der Waals surface area contributed by atoms with E-state index >= 15 is 0 Å². The molecule has 1 unspecified atom stereocenters. The maximum Gasteiger partial charge on any atom is 0.271 e. The van der Waals surface area contributed by atoms with Gasteiger partial charge in [0, 0.05) is 37.3 Å². The third-order valence-corrected chi connectivity index (χ3v) is 6.27. The molecule has 1 N–H and O–H groups in total. The zero-order chi connectivity index (χ0) is 20.9. The summed E-state index contributed by atoms with van der Waals surface area (Å²) in [4.78, 5) is 30.8. The van der Waals surface area contributed by atoms with Crippen LogP contribution in [0.1, 0.15) is 16.1 Å². The highest BCUT2D eigenvalue weighted by molar-refractivity contribution is 7.13. The van der Waals surface area contributed by atoms with Gasteiger partial charge in [0.2, 0.25) is 5.91 Å². The van der Waals surface area contributed by atoms with E-state index in [9.17, 15) is 9.59 Å². The SMILES string of the molecule is C=CCN1CCN(C(=O)c2ccn[nH]2)CC(Cc2ccc(-c3cccs3)cc2)C1=O. The van der Waals surface area contributed by atoms with Gasteiger partial charge in [0.25, 0.3) is 5.91 Å². The van der Waals surface area contributed by atoms with E-state index in [1.165, 1.54) is 10.4 Å². The first-order valence-corrected chi connectivity index (χ1v) is 10.8. The average molecular weight is 421 g/mol. The number of aromatic amines is 1. The van der Waals surface area contributed by atoms with E-state index in [-0.39, 0.29) is 17.7 Å². The molecule has 1 aliphatic heterocycles. The Kier molecular flexibility index (Phi) is 6.09. The van der Waals surface area contributed by atoms with E-state index in [1.807, 2.05) is 6.07 Å². The number of nitrogens with zero attached hydrogens (tertiary/aromatic N) is 3. The molecule has 0 bridgehead atoms. The van der Waals surface area contributed by atoms with Gasteiger partial charge in [-0.1, -0.05) is 36.4 Å². The molecule has 0 radical (unpaired) electrons. The zero-order valence-corrected chi connectivity index (χ0v) is 17.5. The Labute approximate surface area is 179 Å². The van der Waals surface area contributed by atoms with Crippen molar-refractivity contribution >= 4 is 23.2 Å². The fourth-order valence-corrected chi connectivity index (χ4v) is 4.53. The third-order valence-electron chi connectivity index (χ3n) is 5.35. The molecular weight excluding hydrogens is 396 g/mol. The Morgan fingerprint density at radius 3 is 2.73 bits per heavy atom. The Bertz CT molecular complexity index is 997. The van der Waals surface area contributed by atoms with Gasteiger partial charge >= 0.3 is 0 Å². The van der Waals surface area contributed by atoms with Gasteiger partial charge in [-0.25, -0.2) is 0 Å². The lowest BCUT2D eigenvalue weighted by Crippen LogP contribution is -2.38. The molecular formula is C23H24N4O2S. The van der Waals surface area contributed by atoms with Crippen LogP contribution in [0.3, 0.4) is 0 Å². The molecule has 1 atom stereocenters. The number of benzene rings is 1. The third kappa shape index (κ3) is 4.36. The van der Waals surface area contributed by atoms with Gasteiger partial charge in [-0.05, 0) is 35.1 Å². The Morgan fingerprint density at radius 1 is 1.23 bits per heavy atom. The van der Waals surface area contributed by atoms with Crippen LogP contribution in [0.25, 0.3) is 10.4 Å². The fourth-order valence-electron chi connectivity index (χ4n) is 3.80. The Balaban J connectivity index is 1.54. The molecule has 7 heteroatoms. The normalized spacial score (nSPS) is 17.1. The van der Waals surface area contributed by atoms with Crippen LogP contribution in [0.4, 0.5) is 0 Å². The van der Waals surface area contributed by atoms with Gasteiger partial charge in [-0.15, -0.1) is 17.9 Å². The van der Waals surface area contributed by atoms with Gasteiger partial charge in [0.15, 0.2) is 0 Å². The van der Waals surface area contributed by atoms with Crippen LogP contribution in [0.15, 0.2) is 66.7 Å². The number of hydrogen-bond acceptors (Lipinski definition) is 4. The summed E-state index contributed by atoms with van der Waals surface area (Å²) in [5, 5.41) is 8.67. The molecule has 2 aromatic heterocycles. The monoisotopic (exact) mass is 420 g/mol. The quantitative estimate of drug-likeness (QED) is 0.621. The molecule has 6 nitrogen and oxygen atoms in total. The molecule has 3 heterocycles. The zero-order valence-electron chi connectivity index (χ0n) is 16.7. The molecule has 0 spiro atoms. The minimum absolute atomic E-state index is 0.0668. The maximum absolute atomic E-state index is 13.2. The first kappa shape index (κ1) is 20.1. The molecule has 154 valence electrons. The molecule has 3 aromatic rings. The lowest BCUT2D eigenvalue weighted by atomic mass is 9.96. The lowest BCUT2D eigenvalue weighted by Gasteiger charge is -2.23. The Hall–Kier alpha value is -3.19. The van der Waals surface area contributed by atoms with E-state index in [2.05, 4.69) is 52.5 Å². The van der Waals surface area contributed by atoms with Crippen LogP contribution in [0.5, 0.6) is 0 Å². The molecule has 2 amide bonds. The first-order valence-electron chi connectivity index (χ1n) is 9.97. The molecule has 1 aliphatic rings. The van der Waals surface area contributed by atoms with Crippen molar-refractivity contribution in [3.63, 3.8) is 0 Å². The van der Waals surface area contributed by atoms with Gasteiger partial charge in [0.05, 0.1) is 5.92 Å². The summed E-state index contributed by atoms with van der Waals surface area (Å²) >= 11 is 1.71. The second kappa shape index (κ2) is 9.09. The van der Waals surface area contributed by atoms with Crippen LogP contribution in [-0.2, 0) is 11.2 Å². The number of nitrogens with one attached hydrogen (secondary N) is 1. The van der Waals surface area contributed by atoms with Gasteiger partial charge < -0.3 is 9.80 Å². The van der Waals surface area contributed by atoms with Crippen LogP contribution in [0.2, 0.25) is 0 Å². The molecule has 30 heavy (non-hydrogen) atoms. The highest BCUT2D eigenvalue weighted by atomic mass is 32.1. The number of rotatable bonds is 6.